The molecule has 100 valence electrons. The highest BCUT2D eigenvalue weighted by molar-refractivity contribution is 9.10. The normalized spacial score (nSPS) is 10.7. The molecule has 0 aromatic carbocycles. The highest BCUT2D eigenvalue weighted by Crippen LogP contribution is 2.21. The Balaban J connectivity index is 2.89. The SMILES string of the molecule is CC(C)CN(CCC(N)=S)c1ncc(Br)cc1F. The van der Waals surface area contributed by atoms with Crippen LogP contribution in [0.25, 0.3) is 0 Å². The maximum atomic E-state index is 13.9. The average Bonchev–Trinajstić information content (AvgIpc) is 2.24. The van der Waals surface area contributed by atoms with Gasteiger partial charge in [-0.3, -0.25) is 0 Å². The summed E-state index contributed by atoms with van der Waals surface area (Å²) in [7, 11) is 0. The predicted molar refractivity (Wildman–Crippen MR) is 80.3 cm³/mol. The number of thiocarbonyl (C=S) groups is 1. The van der Waals surface area contributed by atoms with Gasteiger partial charge in [-0.05, 0) is 27.9 Å². The number of rotatable bonds is 6. The Hall–Kier alpha value is -0.750. The Kier molecular flexibility index (Phi) is 5.95. The number of hydrogen-bond acceptors (Lipinski definition) is 3. The van der Waals surface area contributed by atoms with Crippen LogP contribution in [0.1, 0.15) is 20.3 Å². The molecule has 0 unspecified atom stereocenters. The van der Waals surface area contributed by atoms with Crippen molar-refractivity contribution < 1.29 is 4.39 Å². The number of aromatic nitrogens is 1. The lowest BCUT2D eigenvalue weighted by molar-refractivity contribution is 0.574. The quantitative estimate of drug-likeness (QED) is 0.812. The van der Waals surface area contributed by atoms with Gasteiger partial charge in [0.25, 0.3) is 0 Å². The molecule has 2 N–H and O–H groups in total. The van der Waals surface area contributed by atoms with E-state index >= 15 is 0 Å². The molecule has 0 bridgehead atoms. The molecule has 0 spiro atoms. The molecule has 0 radical (unpaired) electrons. The van der Waals surface area contributed by atoms with E-state index in [0.717, 1.165) is 0 Å². The van der Waals surface area contributed by atoms with E-state index in [2.05, 4.69) is 34.8 Å². The molecule has 18 heavy (non-hydrogen) atoms. The van der Waals surface area contributed by atoms with Gasteiger partial charge in [0.05, 0.1) is 4.99 Å². The van der Waals surface area contributed by atoms with Gasteiger partial charge in [-0.15, -0.1) is 0 Å². The molecule has 0 saturated carbocycles. The first-order chi connectivity index (χ1) is 8.40. The first-order valence-corrected chi connectivity index (χ1v) is 6.94. The smallest absolute Gasteiger partial charge is 0.166 e. The summed E-state index contributed by atoms with van der Waals surface area (Å²) in [5.41, 5.74) is 5.49. The van der Waals surface area contributed by atoms with Gasteiger partial charge in [-0.25, -0.2) is 9.37 Å². The number of hydrogen-bond donors (Lipinski definition) is 1. The Bertz CT molecular complexity index is 426. The summed E-state index contributed by atoms with van der Waals surface area (Å²) >= 11 is 8.06. The van der Waals surface area contributed by atoms with Crippen LogP contribution >= 0.6 is 28.1 Å². The average molecular weight is 334 g/mol. The zero-order chi connectivity index (χ0) is 13.7. The maximum absolute atomic E-state index is 13.9. The molecular formula is C12H17BrFN3S. The molecular weight excluding hydrogens is 317 g/mol. The number of anilines is 1. The predicted octanol–water partition coefficient (Wildman–Crippen LogP) is 3.12. The summed E-state index contributed by atoms with van der Waals surface area (Å²) in [5, 5.41) is 0. The second kappa shape index (κ2) is 6.99. The van der Waals surface area contributed by atoms with Crippen LogP contribution in [0.3, 0.4) is 0 Å². The van der Waals surface area contributed by atoms with Crippen LogP contribution in [0.15, 0.2) is 16.7 Å². The highest BCUT2D eigenvalue weighted by atomic mass is 79.9. The third kappa shape index (κ3) is 4.86. The van der Waals surface area contributed by atoms with Gasteiger partial charge in [-0.2, -0.15) is 0 Å². The molecule has 3 nitrogen and oxygen atoms in total. The van der Waals surface area contributed by atoms with E-state index in [1.54, 1.807) is 6.20 Å². The lowest BCUT2D eigenvalue weighted by atomic mass is 10.2. The summed E-state index contributed by atoms with van der Waals surface area (Å²) in [6.07, 6.45) is 2.14. The standard InChI is InChI=1S/C12H17BrFN3S/c1-8(2)7-17(4-3-11(15)18)12-10(14)5-9(13)6-16-12/h5-6,8H,3-4,7H2,1-2H3,(H2,15,18). The van der Waals surface area contributed by atoms with Gasteiger partial charge in [0.2, 0.25) is 0 Å². The number of pyridine rings is 1. The lowest BCUT2D eigenvalue weighted by Gasteiger charge is -2.25. The van der Waals surface area contributed by atoms with Crippen molar-refractivity contribution in [3.63, 3.8) is 0 Å². The van der Waals surface area contributed by atoms with E-state index in [-0.39, 0.29) is 5.82 Å². The van der Waals surface area contributed by atoms with Crippen molar-refractivity contribution in [2.75, 3.05) is 18.0 Å². The van der Waals surface area contributed by atoms with Gasteiger partial charge in [0.1, 0.15) is 0 Å². The lowest BCUT2D eigenvalue weighted by Crippen LogP contribution is -2.32. The number of halogens is 2. The highest BCUT2D eigenvalue weighted by Gasteiger charge is 2.15. The Labute approximate surface area is 121 Å². The van der Waals surface area contributed by atoms with E-state index in [1.165, 1.54) is 6.07 Å². The molecule has 0 aliphatic rings. The van der Waals surface area contributed by atoms with Gasteiger partial charge in [-0.1, -0.05) is 26.1 Å². The van der Waals surface area contributed by atoms with Crippen molar-refractivity contribution in [3.8, 4) is 0 Å². The molecule has 6 heteroatoms. The second-order valence-corrected chi connectivity index (χ2v) is 5.96. The summed E-state index contributed by atoms with van der Waals surface area (Å²) in [5.74, 6) is 0.414. The first kappa shape index (κ1) is 15.3. The van der Waals surface area contributed by atoms with Crippen LogP contribution in [0.5, 0.6) is 0 Å². The van der Waals surface area contributed by atoms with E-state index in [1.807, 2.05) is 4.90 Å². The Morgan fingerprint density at radius 1 is 1.61 bits per heavy atom. The third-order valence-electron chi connectivity index (χ3n) is 2.30. The van der Waals surface area contributed by atoms with Gasteiger partial charge < -0.3 is 10.6 Å². The molecule has 1 aromatic rings. The van der Waals surface area contributed by atoms with Crippen LogP contribution in [0.2, 0.25) is 0 Å². The van der Waals surface area contributed by atoms with Crippen molar-refractivity contribution in [3.05, 3.63) is 22.6 Å². The van der Waals surface area contributed by atoms with Gasteiger partial charge in [0.15, 0.2) is 11.6 Å². The van der Waals surface area contributed by atoms with E-state index < -0.39 is 0 Å². The number of nitrogens with zero attached hydrogens (tertiary/aromatic N) is 2. The Morgan fingerprint density at radius 3 is 2.78 bits per heavy atom. The van der Waals surface area contributed by atoms with Crippen LogP contribution in [-0.4, -0.2) is 23.1 Å². The van der Waals surface area contributed by atoms with E-state index in [4.69, 9.17) is 18.0 Å². The molecule has 0 aliphatic carbocycles. The van der Waals surface area contributed by atoms with Crippen molar-refractivity contribution in [1.29, 1.82) is 0 Å². The largest absolute Gasteiger partial charge is 0.393 e. The van der Waals surface area contributed by atoms with Crippen molar-refractivity contribution in [2.45, 2.75) is 20.3 Å². The second-order valence-electron chi connectivity index (χ2n) is 4.52. The fourth-order valence-corrected chi connectivity index (χ4v) is 2.00. The Morgan fingerprint density at radius 2 is 2.28 bits per heavy atom. The molecule has 0 aliphatic heterocycles. The fourth-order valence-electron chi connectivity index (χ4n) is 1.61. The van der Waals surface area contributed by atoms with Crippen molar-refractivity contribution >= 4 is 39.0 Å². The number of nitrogens with two attached hydrogens (primary N) is 1. The fraction of sp³-hybridized carbons (Fsp3) is 0.500. The zero-order valence-corrected chi connectivity index (χ0v) is 12.9. The summed E-state index contributed by atoms with van der Waals surface area (Å²) in [6, 6.07) is 1.41. The monoisotopic (exact) mass is 333 g/mol. The van der Waals surface area contributed by atoms with Crippen LogP contribution < -0.4 is 10.6 Å². The summed E-state index contributed by atoms with van der Waals surface area (Å²) < 4.78 is 14.5. The van der Waals surface area contributed by atoms with E-state index in [0.29, 0.717) is 40.7 Å². The van der Waals surface area contributed by atoms with Gasteiger partial charge >= 0.3 is 0 Å². The minimum Gasteiger partial charge on any atom is -0.393 e. The minimum absolute atomic E-state index is 0.340. The molecule has 0 amide bonds. The van der Waals surface area contributed by atoms with E-state index in [9.17, 15) is 4.39 Å². The maximum Gasteiger partial charge on any atom is 0.166 e. The van der Waals surface area contributed by atoms with Crippen LogP contribution in [-0.2, 0) is 0 Å². The molecule has 1 rings (SSSR count). The first-order valence-electron chi connectivity index (χ1n) is 5.74. The van der Waals surface area contributed by atoms with Gasteiger partial charge in [0, 0.05) is 30.2 Å². The molecule has 0 saturated heterocycles. The third-order valence-corrected chi connectivity index (χ3v) is 2.94. The zero-order valence-electron chi connectivity index (χ0n) is 10.5. The topological polar surface area (TPSA) is 42.1 Å². The molecule has 0 atom stereocenters. The summed E-state index contributed by atoms with van der Waals surface area (Å²) in [4.78, 5) is 6.44. The molecule has 1 aromatic heterocycles. The molecule has 1 heterocycles. The van der Waals surface area contributed by atoms with Crippen molar-refractivity contribution in [2.24, 2.45) is 11.7 Å². The van der Waals surface area contributed by atoms with Crippen molar-refractivity contribution in [1.82, 2.24) is 4.98 Å². The minimum atomic E-state index is -0.340. The molecule has 0 fully saturated rings. The summed E-state index contributed by atoms with van der Waals surface area (Å²) in [6.45, 7) is 5.45. The van der Waals surface area contributed by atoms with Crippen LogP contribution in [0.4, 0.5) is 10.2 Å². The van der Waals surface area contributed by atoms with Crippen LogP contribution in [0, 0.1) is 11.7 Å².